The number of fused-ring (bicyclic) bond motifs is 1. The van der Waals surface area contributed by atoms with Crippen LogP contribution in [0.15, 0.2) is 35.9 Å². The Morgan fingerprint density at radius 2 is 1.93 bits per heavy atom. The van der Waals surface area contributed by atoms with E-state index in [1.54, 1.807) is 11.6 Å². The first-order valence-corrected chi connectivity index (χ1v) is 5.03. The Bertz CT molecular complexity index is 494. The molecule has 0 radical (unpaired) electrons. The lowest BCUT2D eigenvalue weighted by Gasteiger charge is -2.00. The number of hydrogen-bond acceptors (Lipinski definition) is 4. The van der Waals surface area contributed by atoms with Crippen molar-refractivity contribution in [2.24, 2.45) is 0 Å². The maximum Gasteiger partial charge on any atom is 0.0958 e. The molecule has 0 saturated heterocycles. The van der Waals surface area contributed by atoms with Gasteiger partial charge in [0.25, 0.3) is 0 Å². The minimum absolute atomic E-state index is 0.714. The Hall–Kier alpha value is -1.00. The summed E-state index contributed by atoms with van der Waals surface area (Å²) >= 11 is 8.24. The molecule has 0 amide bonds. The quantitative estimate of drug-likeness (QED) is 0.723. The van der Waals surface area contributed by atoms with Gasteiger partial charge in [-0.15, -0.1) is 12.6 Å². The predicted molar refractivity (Wildman–Crippen MR) is 65.5 cm³/mol. The third-order valence-electron chi connectivity index (χ3n) is 1.83. The molecule has 0 atom stereocenters. The summed E-state index contributed by atoms with van der Waals surface area (Å²) in [4.78, 5) is 9.37. The second-order valence-corrected chi connectivity index (χ2v) is 3.50. The highest BCUT2D eigenvalue weighted by atomic mass is 32.1. The largest absolute Gasteiger partial charge is 0.252 e. The van der Waals surface area contributed by atoms with Crippen LogP contribution in [0.4, 0.5) is 0 Å². The summed E-state index contributed by atoms with van der Waals surface area (Å²) in [5, 5.41) is 1.60. The van der Waals surface area contributed by atoms with E-state index in [0.717, 1.165) is 16.7 Å². The molecule has 0 spiro atoms. The molecule has 1 aromatic heterocycles. The van der Waals surface area contributed by atoms with Crippen LogP contribution in [0.5, 0.6) is 0 Å². The number of para-hydroxylation sites is 2. The summed E-state index contributed by atoms with van der Waals surface area (Å²) in [5.74, 6) is 0. The van der Waals surface area contributed by atoms with Crippen molar-refractivity contribution in [3.63, 3.8) is 0 Å². The van der Waals surface area contributed by atoms with Crippen LogP contribution < -0.4 is 0 Å². The summed E-state index contributed by atoms with van der Waals surface area (Å²) < 4.78 is 0. The van der Waals surface area contributed by atoms with Crippen molar-refractivity contribution in [1.82, 2.24) is 9.97 Å². The minimum Gasteiger partial charge on any atom is -0.252 e. The van der Waals surface area contributed by atoms with Gasteiger partial charge in [-0.05, 0) is 17.5 Å². The molecule has 2 rings (SSSR count). The lowest BCUT2D eigenvalue weighted by atomic mass is 10.3. The number of nitrogens with zero attached hydrogens (tertiary/aromatic N) is 2. The molecular formula is C10H8N2S2. The van der Waals surface area contributed by atoms with Crippen molar-refractivity contribution in [3.05, 3.63) is 41.6 Å². The van der Waals surface area contributed by atoms with E-state index < -0.39 is 0 Å². The zero-order valence-corrected chi connectivity index (χ0v) is 9.04. The highest BCUT2D eigenvalue weighted by molar-refractivity contribution is 7.92. The second kappa shape index (κ2) is 4.02. The van der Waals surface area contributed by atoms with Gasteiger partial charge in [0.05, 0.1) is 22.9 Å². The molecule has 0 saturated carbocycles. The van der Waals surface area contributed by atoms with Crippen LogP contribution >= 0.6 is 25.3 Å². The van der Waals surface area contributed by atoms with Gasteiger partial charge in [-0.2, -0.15) is 12.6 Å². The van der Waals surface area contributed by atoms with Crippen LogP contribution in [0.1, 0.15) is 5.69 Å². The molecule has 0 aliphatic heterocycles. The van der Waals surface area contributed by atoms with Crippen LogP contribution in [0.3, 0.4) is 0 Å². The highest BCUT2D eigenvalue weighted by Gasteiger charge is 2.00. The first kappa shape index (κ1) is 9.55. The molecule has 4 heteroatoms. The fourth-order valence-corrected chi connectivity index (χ4v) is 1.39. The van der Waals surface area contributed by atoms with Gasteiger partial charge in [-0.1, -0.05) is 12.1 Å². The predicted octanol–water partition coefficient (Wildman–Crippen LogP) is 2.79. The van der Waals surface area contributed by atoms with Gasteiger partial charge in [0.2, 0.25) is 0 Å². The average molecular weight is 220 g/mol. The first-order chi connectivity index (χ1) is 6.81. The summed E-state index contributed by atoms with van der Waals surface area (Å²) in [6.45, 7) is 0. The van der Waals surface area contributed by atoms with Gasteiger partial charge in [0.1, 0.15) is 0 Å². The number of thiol groups is 2. The molecule has 2 nitrogen and oxygen atoms in total. The van der Waals surface area contributed by atoms with Crippen molar-refractivity contribution in [1.29, 1.82) is 0 Å². The highest BCUT2D eigenvalue weighted by Crippen LogP contribution is 2.18. The Morgan fingerprint density at radius 3 is 2.64 bits per heavy atom. The third kappa shape index (κ3) is 1.76. The molecule has 0 N–H and O–H groups in total. The zero-order chi connectivity index (χ0) is 9.97. The summed E-state index contributed by atoms with van der Waals surface area (Å²) in [5.41, 5.74) is 2.49. The second-order valence-electron chi connectivity index (χ2n) is 2.76. The molecule has 0 bridgehead atoms. The van der Waals surface area contributed by atoms with Gasteiger partial charge in [0, 0.05) is 4.91 Å². The lowest BCUT2D eigenvalue weighted by molar-refractivity contribution is 1.26. The normalized spacial score (nSPS) is 12.0. The Balaban J connectivity index is 2.62. The monoisotopic (exact) mass is 220 g/mol. The van der Waals surface area contributed by atoms with E-state index in [0.29, 0.717) is 4.91 Å². The molecule has 1 heterocycles. The van der Waals surface area contributed by atoms with E-state index in [9.17, 15) is 0 Å². The maximum absolute atomic E-state index is 4.39. The number of hydrogen-bond donors (Lipinski definition) is 2. The average Bonchev–Trinajstić information content (AvgIpc) is 2.27. The molecule has 0 aliphatic rings. The van der Waals surface area contributed by atoms with Crippen molar-refractivity contribution in [3.8, 4) is 0 Å². The number of benzene rings is 1. The van der Waals surface area contributed by atoms with Gasteiger partial charge in [-0.3, -0.25) is 4.98 Å². The molecular weight excluding hydrogens is 212 g/mol. The van der Waals surface area contributed by atoms with Crippen molar-refractivity contribution >= 4 is 41.2 Å². The van der Waals surface area contributed by atoms with Crippen LogP contribution in [0, 0.1) is 0 Å². The lowest BCUT2D eigenvalue weighted by Crippen LogP contribution is -1.88. The van der Waals surface area contributed by atoms with E-state index >= 15 is 0 Å². The Kier molecular flexibility index (Phi) is 2.74. The maximum atomic E-state index is 4.39. The van der Waals surface area contributed by atoms with Gasteiger partial charge < -0.3 is 0 Å². The molecule has 0 fully saturated rings. The molecule has 14 heavy (non-hydrogen) atoms. The van der Waals surface area contributed by atoms with Crippen molar-refractivity contribution < 1.29 is 0 Å². The van der Waals surface area contributed by atoms with Gasteiger partial charge in [0.15, 0.2) is 0 Å². The fraction of sp³-hybridized carbons (Fsp3) is 0. The zero-order valence-electron chi connectivity index (χ0n) is 7.25. The van der Waals surface area contributed by atoms with Crippen LogP contribution in [0.2, 0.25) is 0 Å². The Labute approximate surface area is 92.9 Å². The van der Waals surface area contributed by atoms with Crippen LogP contribution in [0.25, 0.3) is 15.9 Å². The molecule has 1 aromatic carbocycles. The molecule has 0 aliphatic carbocycles. The van der Waals surface area contributed by atoms with Crippen LogP contribution in [-0.4, -0.2) is 9.97 Å². The first-order valence-electron chi connectivity index (χ1n) is 4.07. The smallest absolute Gasteiger partial charge is 0.0958 e. The van der Waals surface area contributed by atoms with Crippen LogP contribution in [-0.2, 0) is 0 Å². The van der Waals surface area contributed by atoms with Gasteiger partial charge in [-0.25, -0.2) is 4.98 Å². The number of rotatable bonds is 1. The van der Waals surface area contributed by atoms with E-state index in [2.05, 4.69) is 35.2 Å². The molecule has 2 aromatic rings. The standard InChI is InChI=1S/C10H8N2S2/c13-6-10(14)9-5-11-7-3-1-2-4-8(7)12-9/h1-6,13-14H/b10-6+. The Morgan fingerprint density at radius 1 is 1.21 bits per heavy atom. The third-order valence-corrected chi connectivity index (χ3v) is 2.65. The molecule has 0 unspecified atom stereocenters. The van der Waals surface area contributed by atoms with Gasteiger partial charge >= 0.3 is 0 Å². The van der Waals surface area contributed by atoms with E-state index in [1.165, 1.54) is 0 Å². The summed E-state index contributed by atoms with van der Waals surface area (Å²) in [6.07, 6.45) is 1.69. The van der Waals surface area contributed by atoms with Crippen molar-refractivity contribution in [2.75, 3.05) is 0 Å². The number of aromatic nitrogens is 2. The SMILES string of the molecule is S/C=C(/S)c1cnc2ccccc2n1. The topological polar surface area (TPSA) is 25.8 Å². The summed E-state index contributed by atoms with van der Waals surface area (Å²) in [7, 11) is 0. The summed E-state index contributed by atoms with van der Waals surface area (Å²) in [6, 6.07) is 7.72. The molecule has 70 valence electrons. The fourth-order valence-electron chi connectivity index (χ4n) is 1.15. The van der Waals surface area contributed by atoms with E-state index in [-0.39, 0.29) is 0 Å². The van der Waals surface area contributed by atoms with E-state index in [1.807, 2.05) is 24.3 Å². The van der Waals surface area contributed by atoms with Crippen molar-refractivity contribution in [2.45, 2.75) is 0 Å². The van der Waals surface area contributed by atoms with E-state index in [4.69, 9.17) is 0 Å². The minimum atomic E-state index is 0.714.